The lowest BCUT2D eigenvalue weighted by atomic mass is 10.2. The highest BCUT2D eigenvalue weighted by Crippen LogP contribution is 2.25. The highest BCUT2D eigenvalue weighted by atomic mass is 35.5. The molecule has 2 rings (SSSR count). The Morgan fingerprint density at radius 3 is 2.94 bits per heavy atom. The molecule has 0 radical (unpaired) electrons. The van der Waals surface area contributed by atoms with E-state index in [4.69, 9.17) is 11.6 Å². The summed E-state index contributed by atoms with van der Waals surface area (Å²) in [6.07, 6.45) is 2.09. The molecule has 0 amide bonds. The highest BCUT2D eigenvalue weighted by Gasteiger charge is 2.06. The van der Waals surface area contributed by atoms with Crippen molar-refractivity contribution in [3.8, 4) is 10.6 Å². The van der Waals surface area contributed by atoms with E-state index in [9.17, 15) is 0 Å². The minimum atomic E-state index is 0.730. The first kappa shape index (κ1) is 13.5. The Kier molecular flexibility index (Phi) is 5.11. The minimum absolute atomic E-state index is 0.730. The van der Waals surface area contributed by atoms with E-state index < -0.39 is 0 Å². The van der Waals surface area contributed by atoms with Crippen LogP contribution >= 0.6 is 22.9 Å². The molecule has 18 heavy (non-hydrogen) atoms. The summed E-state index contributed by atoms with van der Waals surface area (Å²) in [6.45, 7) is 4.17. The van der Waals surface area contributed by atoms with E-state index in [1.165, 1.54) is 0 Å². The van der Waals surface area contributed by atoms with E-state index in [1.807, 2.05) is 24.3 Å². The molecule has 1 aromatic carbocycles. The Bertz CT molecular complexity index is 498. The van der Waals surface area contributed by atoms with Crippen molar-refractivity contribution in [3.05, 3.63) is 34.3 Å². The average molecular weight is 282 g/mol. The topological polar surface area (TPSA) is 37.8 Å². The number of nitrogens with one attached hydrogen (secondary N) is 1. The molecule has 1 N–H and O–H groups in total. The van der Waals surface area contributed by atoms with Crippen LogP contribution in [-0.2, 0) is 6.42 Å². The van der Waals surface area contributed by atoms with Crippen LogP contribution in [0.5, 0.6) is 0 Å². The van der Waals surface area contributed by atoms with E-state index in [-0.39, 0.29) is 0 Å². The molecule has 2 aromatic rings. The first-order valence-corrected chi connectivity index (χ1v) is 7.28. The molecule has 0 atom stereocenters. The zero-order chi connectivity index (χ0) is 12.8. The fourth-order valence-corrected chi connectivity index (χ4v) is 2.62. The molecule has 0 aliphatic rings. The molecule has 1 heterocycles. The molecule has 0 aliphatic carbocycles. The molecule has 0 saturated heterocycles. The maximum Gasteiger partial charge on any atom is 0.147 e. The predicted molar refractivity (Wildman–Crippen MR) is 77.2 cm³/mol. The van der Waals surface area contributed by atoms with Gasteiger partial charge in [-0.25, -0.2) is 0 Å². The third-order valence-electron chi connectivity index (χ3n) is 2.48. The molecule has 0 unspecified atom stereocenters. The van der Waals surface area contributed by atoms with Gasteiger partial charge in [-0.1, -0.05) is 42.0 Å². The Morgan fingerprint density at radius 1 is 1.28 bits per heavy atom. The Morgan fingerprint density at radius 2 is 2.17 bits per heavy atom. The largest absolute Gasteiger partial charge is 0.316 e. The molecule has 0 fully saturated rings. The van der Waals surface area contributed by atoms with Gasteiger partial charge in [0.1, 0.15) is 10.0 Å². The summed E-state index contributed by atoms with van der Waals surface area (Å²) in [5.41, 5.74) is 1.03. The van der Waals surface area contributed by atoms with Gasteiger partial charge in [0.05, 0.1) is 0 Å². The Balaban J connectivity index is 1.97. The van der Waals surface area contributed by atoms with Crippen LogP contribution in [0.2, 0.25) is 5.02 Å². The van der Waals surface area contributed by atoms with Crippen molar-refractivity contribution in [2.24, 2.45) is 0 Å². The van der Waals surface area contributed by atoms with E-state index in [0.717, 1.165) is 46.5 Å². The van der Waals surface area contributed by atoms with Crippen molar-refractivity contribution >= 4 is 22.9 Å². The van der Waals surface area contributed by atoms with Crippen LogP contribution in [0, 0.1) is 0 Å². The van der Waals surface area contributed by atoms with Crippen molar-refractivity contribution < 1.29 is 0 Å². The second kappa shape index (κ2) is 6.83. The first-order chi connectivity index (χ1) is 8.79. The van der Waals surface area contributed by atoms with Crippen LogP contribution in [0.1, 0.15) is 18.4 Å². The number of rotatable bonds is 6. The summed E-state index contributed by atoms with van der Waals surface area (Å²) < 4.78 is 0. The fraction of sp³-hybridized carbons (Fsp3) is 0.385. The van der Waals surface area contributed by atoms with Gasteiger partial charge in [0.15, 0.2) is 0 Å². The Hall–Kier alpha value is -0.970. The fourth-order valence-electron chi connectivity index (χ4n) is 1.59. The standard InChI is InChI=1S/C13H16ClN3S/c1-2-7-15-8-6-12-16-17-13(18-12)10-4-3-5-11(14)9-10/h3-5,9,15H,2,6-8H2,1H3. The van der Waals surface area contributed by atoms with Gasteiger partial charge >= 0.3 is 0 Å². The van der Waals surface area contributed by atoms with Crippen molar-refractivity contribution in [2.45, 2.75) is 19.8 Å². The molecule has 0 bridgehead atoms. The van der Waals surface area contributed by atoms with Crippen molar-refractivity contribution in [2.75, 3.05) is 13.1 Å². The summed E-state index contributed by atoms with van der Waals surface area (Å²) in [4.78, 5) is 0. The predicted octanol–water partition coefficient (Wildman–Crippen LogP) is 3.40. The lowest BCUT2D eigenvalue weighted by Gasteiger charge is -1.98. The van der Waals surface area contributed by atoms with Gasteiger partial charge in [0.25, 0.3) is 0 Å². The zero-order valence-corrected chi connectivity index (χ0v) is 11.9. The monoisotopic (exact) mass is 281 g/mol. The number of benzene rings is 1. The number of nitrogens with zero attached hydrogens (tertiary/aromatic N) is 2. The normalized spacial score (nSPS) is 10.8. The van der Waals surface area contributed by atoms with Crippen molar-refractivity contribution in [1.82, 2.24) is 15.5 Å². The molecule has 96 valence electrons. The van der Waals surface area contributed by atoms with Gasteiger partial charge in [-0.3, -0.25) is 0 Å². The lowest BCUT2D eigenvalue weighted by molar-refractivity contribution is 0.668. The maximum atomic E-state index is 5.97. The van der Waals surface area contributed by atoms with Gasteiger partial charge in [0.2, 0.25) is 0 Å². The van der Waals surface area contributed by atoms with Crippen LogP contribution in [0.4, 0.5) is 0 Å². The SMILES string of the molecule is CCCNCCc1nnc(-c2cccc(Cl)c2)s1. The van der Waals surface area contributed by atoms with Gasteiger partial charge in [-0.05, 0) is 25.1 Å². The number of aromatic nitrogens is 2. The number of hydrogen-bond donors (Lipinski definition) is 1. The average Bonchev–Trinajstić information content (AvgIpc) is 2.83. The van der Waals surface area contributed by atoms with Crippen LogP contribution in [-0.4, -0.2) is 23.3 Å². The van der Waals surface area contributed by atoms with Gasteiger partial charge < -0.3 is 5.32 Å². The molecule has 1 aromatic heterocycles. The first-order valence-electron chi connectivity index (χ1n) is 6.08. The molecular formula is C13H16ClN3S. The lowest BCUT2D eigenvalue weighted by Crippen LogP contribution is -2.17. The molecule has 3 nitrogen and oxygen atoms in total. The quantitative estimate of drug-likeness (QED) is 0.825. The van der Waals surface area contributed by atoms with Crippen LogP contribution in [0.3, 0.4) is 0 Å². The van der Waals surface area contributed by atoms with Crippen LogP contribution < -0.4 is 5.32 Å². The van der Waals surface area contributed by atoms with Gasteiger partial charge in [0, 0.05) is 23.6 Å². The van der Waals surface area contributed by atoms with E-state index in [0.29, 0.717) is 0 Å². The third-order valence-corrected chi connectivity index (χ3v) is 3.75. The summed E-state index contributed by atoms with van der Waals surface area (Å²) >= 11 is 7.60. The van der Waals surface area contributed by atoms with Gasteiger partial charge in [-0.2, -0.15) is 0 Å². The summed E-state index contributed by atoms with van der Waals surface area (Å²) in [5, 5.41) is 14.5. The highest BCUT2D eigenvalue weighted by molar-refractivity contribution is 7.14. The molecule has 0 spiro atoms. The van der Waals surface area contributed by atoms with E-state index in [1.54, 1.807) is 11.3 Å². The maximum absolute atomic E-state index is 5.97. The smallest absolute Gasteiger partial charge is 0.147 e. The molecular weight excluding hydrogens is 266 g/mol. The van der Waals surface area contributed by atoms with Crippen molar-refractivity contribution in [1.29, 1.82) is 0 Å². The summed E-state index contributed by atoms with van der Waals surface area (Å²) in [7, 11) is 0. The van der Waals surface area contributed by atoms with Crippen LogP contribution in [0.15, 0.2) is 24.3 Å². The second-order valence-electron chi connectivity index (χ2n) is 4.01. The summed E-state index contributed by atoms with van der Waals surface area (Å²) in [6, 6.07) is 7.72. The van der Waals surface area contributed by atoms with Crippen LogP contribution in [0.25, 0.3) is 10.6 Å². The van der Waals surface area contributed by atoms with E-state index >= 15 is 0 Å². The summed E-state index contributed by atoms with van der Waals surface area (Å²) in [5.74, 6) is 0. The molecule has 0 saturated carbocycles. The molecule has 0 aliphatic heterocycles. The number of halogens is 1. The number of hydrogen-bond acceptors (Lipinski definition) is 4. The van der Waals surface area contributed by atoms with E-state index in [2.05, 4.69) is 22.4 Å². The third kappa shape index (κ3) is 3.77. The van der Waals surface area contributed by atoms with Crippen molar-refractivity contribution in [3.63, 3.8) is 0 Å². The zero-order valence-electron chi connectivity index (χ0n) is 10.3. The second-order valence-corrected chi connectivity index (χ2v) is 5.51. The minimum Gasteiger partial charge on any atom is -0.316 e. The Labute approximate surface area is 116 Å². The molecule has 5 heteroatoms. The van der Waals surface area contributed by atoms with Gasteiger partial charge in [-0.15, -0.1) is 10.2 Å².